The molecular formula is C36H44N6O5. The number of ether oxygens (including phenoxy) is 3. The first-order valence-electron chi connectivity index (χ1n) is 15.9. The zero-order valence-electron chi connectivity index (χ0n) is 27.8. The van der Waals surface area contributed by atoms with Crippen molar-refractivity contribution in [3.8, 4) is 22.6 Å². The summed E-state index contributed by atoms with van der Waals surface area (Å²) in [7, 11) is 1.64. The number of hydrogen-bond acceptors (Lipinski definition) is 8. The summed E-state index contributed by atoms with van der Waals surface area (Å²) in [5.41, 5.74) is 4.96. The Morgan fingerprint density at radius 3 is 2.62 bits per heavy atom. The van der Waals surface area contributed by atoms with E-state index in [2.05, 4.69) is 31.6 Å². The molecule has 2 N–H and O–H groups in total. The van der Waals surface area contributed by atoms with Gasteiger partial charge < -0.3 is 29.4 Å². The third kappa shape index (κ3) is 9.87. The monoisotopic (exact) mass is 640 g/mol. The number of pyridine rings is 1. The molecule has 0 unspecified atom stereocenters. The maximum Gasteiger partial charge on any atom is 0.407 e. The number of imidazole rings is 1. The molecular weight excluding hydrogens is 596 g/mol. The zero-order chi connectivity index (χ0) is 33.4. The van der Waals surface area contributed by atoms with Gasteiger partial charge in [-0.1, -0.05) is 12.1 Å². The summed E-state index contributed by atoms with van der Waals surface area (Å²) in [6.07, 6.45) is 6.80. The van der Waals surface area contributed by atoms with Gasteiger partial charge in [-0.25, -0.2) is 9.78 Å². The second kappa shape index (κ2) is 15.2. The second-order valence-corrected chi connectivity index (χ2v) is 12.8. The number of likely N-dealkylation sites (tertiary alicyclic amines) is 1. The van der Waals surface area contributed by atoms with E-state index < -0.39 is 11.7 Å². The van der Waals surface area contributed by atoms with Gasteiger partial charge in [0.25, 0.3) is 5.91 Å². The molecule has 3 heterocycles. The summed E-state index contributed by atoms with van der Waals surface area (Å²) in [6.45, 7) is 10.7. The smallest absolute Gasteiger partial charge is 0.407 e. The highest BCUT2D eigenvalue weighted by Gasteiger charge is 2.24. The lowest BCUT2D eigenvalue weighted by Crippen LogP contribution is -2.48. The van der Waals surface area contributed by atoms with Crippen LogP contribution in [0.25, 0.3) is 16.8 Å². The summed E-state index contributed by atoms with van der Waals surface area (Å²) < 4.78 is 18.3. The van der Waals surface area contributed by atoms with Crippen LogP contribution in [0.5, 0.6) is 5.75 Å². The Bertz CT molecular complexity index is 1680. The first kappa shape index (κ1) is 33.6. The number of aromatic nitrogens is 3. The number of rotatable bonds is 11. The van der Waals surface area contributed by atoms with Crippen molar-refractivity contribution in [2.75, 3.05) is 38.7 Å². The number of nitrogens with zero attached hydrogens (tertiary/aromatic N) is 4. The van der Waals surface area contributed by atoms with Gasteiger partial charge in [-0.2, -0.15) is 0 Å². The Hall–Kier alpha value is -4.74. The Balaban J connectivity index is 1.32. The van der Waals surface area contributed by atoms with Crippen LogP contribution >= 0.6 is 0 Å². The van der Waals surface area contributed by atoms with E-state index in [4.69, 9.17) is 14.2 Å². The Morgan fingerprint density at radius 1 is 1.02 bits per heavy atom. The third-order valence-electron chi connectivity index (χ3n) is 7.59. The van der Waals surface area contributed by atoms with Crippen LogP contribution in [0.1, 0.15) is 55.4 Å². The lowest BCUT2D eigenvalue weighted by atomic mass is 10.0. The predicted octanol–water partition coefficient (Wildman–Crippen LogP) is 6.01. The van der Waals surface area contributed by atoms with Crippen LogP contribution < -0.4 is 15.4 Å². The molecule has 0 bridgehead atoms. The lowest BCUT2D eigenvalue weighted by Gasteiger charge is -2.33. The molecule has 1 aliphatic heterocycles. The van der Waals surface area contributed by atoms with Crippen molar-refractivity contribution >= 4 is 17.7 Å². The van der Waals surface area contributed by atoms with Crippen LogP contribution in [-0.4, -0.2) is 76.5 Å². The molecule has 1 atom stereocenters. The van der Waals surface area contributed by atoms with Gasteiger partial charge in [0.2, 0.25) is 0 Å². The molecule has 2 aromatic heterocycles. The van der Waals surface area contributed by atoms with Gasteiger partial charge in [0.05, 0.1) is 18.6 Å². The standard InChI is InChI=1S/C36H44N6O5/c1-25-21-42(24-38-25)31-17-26(22-41-13-7-9-29(23-41)40-35(44)47-36(2,3)4)16-30(20-31)39-34(43)33-19-28(11-12-37-33)27-8-6-10-32(18-27)46-15-14-45-5/h6,8,10-12,16-21,24,29H,7,9,13-15,22-23H2,1-5H3,(H,39,43)(H,40,44)/t29-/m0/s1. The fraction of sp³-hybridized carbons (Fsp3) is 0.389. The number of carbonyl (C=O) groups is 2. The van der Waals surface area contributed by atoms with Gasteiger partial charge in [-0.3, -0.25) is 14.7 Å². The summed E-state index contributed by atoms with van der Waals surface area (Å²) in [5.74, 6) is 0.408. The van der Waals surface area contributed by atoms with Crippen molar-refractivity contribution in [3.63, 3.8) is 0 Å². The minimum absolute atomic E-state index is 0.00628. The minimum Gasteiger partial charge on any atom is -0.491 e. The lowest BCUT2D eigenvalue weighted by molar-refractivity contribution is 0.0470. The topological polar surface area (TPSA) is 120 Å². The molecule has 248 valence electrons. The molecule has 2 aromatic carbocycles. The van der Waals surface area contributed by atoms with Crippen LogP contribution in [0.3, 0.4) is 0 Å². The normalized spacial score (nSPS) is 15.2. The van der Waals surface area contributed by atoms with Crippen molar-refractivity contribution in [3.05, 3.63) is 90.3 Å². The van der Waals surface area contributed by atoms with Crippen LogP contribution in [0.4, 0.5) is 10.5 Å². The number of carbonyl (C=O) groups excluding carboxylic acids is 2. The molecule has 11 heteroatoms. The highest BCUT2D eigenvalue weighted by Crippen LogP contribution is 2.26. The SMILES string of the molecule is COCCOc1cccc(-c2ccnc(C(=O)Nc3cc(CN4CCC[C@H](NC(=O)OC(C)(C)C)C4)cc(-n4cnc(C)c4)c3)c2)c1. The first-order valence-corrected chi connectivity index (χ1v) is 15.9. The Labute approximate surface area is 276 Å². The van der Waals surface area contributed by atoms with E-state index >= 15 is 0 Å². The first-order chi connectivity index (χ1) is 22.5. The average molecular weight is 641 g/mol. The van der Waals surface area contributed by atoms with Crippen LogP contribution in [0.15, 0.2) is 73.3 Å². The Kier molecular flexibility index (Phi) is 10.9. The number of hydrogen-bond donors (Lipinski definition) is 2. The van der Waals surface area contributed by atoms with Gasteiger partial charge in [0, 0.05) is 50.0 Å². The van der Waals surface area contributed by atoms with Gasteiger partial charge in [-0.05, 0) is 106 Å². The summed E-state index contributed by atoms with van der Waals surface area (Å²) >= 11 is 0. The molecule has 0 aliphatic carbocycles. The third-order valence-corrected chi connectivity index (χ3v) is 7.59. The molecule has 47 heavy (non-hydrogen) atoms. The number of anilines is 1. The fourth-order valence-corrected chi connectivity index (χ4v) is 5.54. The summed E-state index contributed by atoms with van der Waals surface area (Å²) in [4.78, 5) is 37.0. The zero-order valence-corrected chi connectivity index (χ0v) is 27.8. The maximum absolute atomic E-state index is 13.5. The maximum atomic E-state index is 13.5. The molecule has 0 spiro atoms. The quantitative estimate of drug-likeness (QED) is 0.191. The van der Waals surface area contributed by atoms with Gasteiger partial charge in [-0.15, -0.1) is 0 Å². The van der Waals surface area contributed by atoms with Gasteiger partial charge in [0.15, 0.2) is 0 Å². The van der Waals surface area contributed by atoms with E-state index in [9.17, 15) is 9.59 Å². The molecule has 1 aliphatic rings. The van der Waals surface area contributed by atoms with Crippen molar-refractivity contribution < 1.29 is 23.8 Å². The van der Waals surface area contributed by atoms with E-state index in [1.165, 1.54) is 0 Å². The van der Waals surface area contributed by atoms with Crippen molar-refractivity contribution in [2.45, 2.75) is 58.7 Å². The number of nitrogens with one attached hydrogen (secondary N) is 2. The molecule has 1 saturated heterocycles. The van der Waals surface area contributed by atoms with Crippen molar-refractivity contribution in [1.82, 2.24) is 24.8 Å². The van der Waals surface area contributed by atoms with E-state index in [0.717, 1.165) is 53.2 Å². The molecule has 4 aromatic rings. The van der Waals surface area contributed by atoms with E-state index in [1.807, 2.05) is 80.9 Å². The van der Waals surface area contributed by atoms with Gasteiger partial charge in [0.1, 0.15) is 23.7 Å². The number of aryl methyl sites for hydroxylation is 1. The molecule has 0 radical (unpaired) electrons. The fourth-order valence-electron chi connectivity index (χ4n) is 5.54. The number of methoxy groups -OCH3 is 1. The predicted molar refractivity (Wildman–Crippen MR) is 181 cm³/mol. The molecule has 1 fully saturated rings. The summed E-state index contributed by atoms with van der Waals surface area (Å²) in [6, 6.07) is 17.4. The van der Waals surface area contributed by atoms with Gasteiger partial charge >= 0.3 is 6.09 Å². The molecule has 0 saturated carbocycles. The number of piperidine rings is 1. The highest BCUT2D eigenvalue weighted by atomic mass is 16.6. The van der Waals surface area contributed by atoms with Crippen molar-refractivity contribution in [2.24, 2.45) is 0 Å². The Morgan fingerprint density at radius 2 is 1.85 bits per heavy atom. The van der Waals surface area contributed by atoms with Crippen LogP contribution in [-0.2, 0) is 16.0 Å². The minimum atomic E-state index is -0.549. The number of benzene rings is 2. The average Bonchev–Trinajstić information content (AvgIpc) is 3.47. The molecule has 11 nitrogen and oxygen atoms in total. The van der Waals surface area contributed by atoms with E-state index in [1.54, 1.807) is 25.7 Å². The van der Waals surface area contributed by atoms with E-state index in [-0.39, 0.29) is 11.9 Å². The number of amides is 2. The second-order valence-electron chi connectivity index (χ2n) is 12.8. The molecule has 5 rings (SSSR count). The van der Waals surface area contributed by atoms with Crippen molar-refractivity contribution in [1.29, 1.82) is 0 Å². The largest absolute Gasteiger partial charge is 0.491 e. The summed E-state index contributed by atoms with van der Waals surface area (Å²) in [5, 5.41) is 6.09. The van der Waals surface area contributed by atoms with Crippen LogP contribution in [0, 0.1) is 6.92 Å². The highest BCUT2D eigenvalue weighted by molar-refractivity contribution is 6.03. The van der Waals surface area contributed by atoms with E-state index in [0.29, 0.717) is 37.7 Å². The molecule has 2 amide bonds. The number of alkyl carbamates (subject to hydrolysis) is 1. The van der Waals surface area contributed by atoms with Crippen LogP contribution in [0.2, 0.25) is 0 Å².